The van der Waals surface area contributed by atoms with Gasteiger partial charge in [0.2, 0.25) is 0 Å². The highest BCUT2D eigenvalue weighted by molar-refractivity contribution is 6.36. The lowest BCUT2D eigenvalue weighted by molar-refractivity contribution is 0.191. The molecule has 2 aromatic rings. The quantitative estimate of drug-likeness (QED) is 0.883. The minimum absolute atomic E-state index is 0.227. The van der Waals surface area contributed by atoms with Crippen molar-refractivity contribution in [1.82, 2.24) is 0 Å². The molecule has 2 rings (SSSR count). The van der Waals surface area contributed by atoms with E-state index in [1.165, 1.54) is 12.1 Å². The lowest BCUT2D eigenvalue weighted by atomic mass is 10.1. The summed E-state index contributed by atoms with van der Waals surface area (Å²) >= 11 is 11.8. The van der Waals surface area contributed by atoms with Gasteiger partial charge >= 0.3 is 0 Å². The van der Waals surface area contributed by atoms with Crippen molar-refractivity contribution in [2.24, 2.45) is 0 Å². The van der Waals surface area contributed by atoms with Gasteiger partial charge in [0, 0.05) is 11.6 Å². The van der Waals surface area contributed by atoms with Crippen LogP contribution >= 0.6 is 23.2 Å². The Kier molecular flexibility index (Phi) is 4.64. The van der Waals surface area contributed by atoms with Crippen molar-refractivity contribution < 1.29 is 9.50 Å². The number of rotatable bonds is 4. The summed E-state index contributed by atoms with van der Waals surface area (Å²) in [5, 5.41) is 14.0. The number of anilines is 1. The molecule has 2 aromatic carbocycles. The molecule has 0 aliphatic heterocycles. The number of nitrogens with one attached hydrogen (secondary N) is 1. The maximum atomic E-state index is 13.0. The molecule has 0 saturated carbocycles. The van der Waals surface area contributed by atoms with E-state index in [1.54, 1.807) is 30.3 Å². The predicted octanol–water partition coefficient (Wildman–Crippen LogP) is 4.28. The highest BCUT2D eigenvalue weighted by Gasteiger charge is 2.09. The van der Waals surface area contributed by atoms with Crippen LogP contribution in [0.2, 0.25) is 10.0 Å². The van der Waals surface area contributed by atoms with Crippen molar-refractivity contribution in [3.63, 3.8) is 0 Å². The van der Waals surface area contributed by atoms with Gasteiger partial charge in [-0.2, -0.15) is 0 Å². The molecular formula is C14H12Cl2FNO. The summed E-state index contributed by atoms with van der Waals surface area (Å²) in [6, 6.07) is 10.9. The third-order valence-electron chi connectivity index (χ3n) is 2.65. The highest BCUT2D eigenvalue weighted by atomic mass is 35.5. The van der Waals surface area contributed by atoms with E-state index in [9.17, 15) is 9.50 Å². The van der Waals surface area contributed by atoms with Gasteiger partial charge in [-0.05, 0) is 35.9 Å². The van der Waals surface area contributed by atoms with Crippen LogP contribution < -0.4 is 5.32 Å². The minimum Gasteiger partial charge on any atom is -0.387 e. The monoisotopic (exact) mass is 299 g/mol. The first-order chi connectivity index (χ1) is 9.06. The van der Waals surface area contributed by atoms with Gasteiger partial charge in [0.05, 0.1) is 16.8 Å². The zero-order valence-electron chi connectivity index (χ0n) is 9.91. The zero-order chi connectivity index (χ0) is 13.8. The Balaban J connectivity index is 2.02. The molecule has 19 heavy (non-hydrogen) atoms. The molecule has 100 valence electrons. The minimum atomic E-state index is -0.817. The van der Waals surface area contributed by atoms with E-state index in [-0.39, 0.29) is 12.4 Å². The van der Waals surface area contributed by atoms with Gasteiger partial charge in [-0.15, -0.1) is 0 Å². The molecule has 0 amide bonds. The predicted molar refractivity (Wildman–Crippen MR) is 76.3 cm³/mol. The van der Waals surface area contributed by atoms with Gasteiger partial charge in [0.15, 0.2) is 0 Å². The van der Waals surface area contributed by atoms with Crippen LogP contribution in [0.25, 0.3) is 0 Å². The molecule has 0 bridgehead atoms. The number of halogens is 3. The second-order valence-corrected chi connectivity index (χ2v) is 4.92. The van der Waals surface area contributed by atoms with E-state index in [4.69, 9.17) is 23.2 Å². The van der Waals surface area contributed by atoms with Crippen molar-refractivity contribution in [1.29, 1.82) is 0 Å². The summed E-state index contributed by atoms with van der Waals surface area (Å²) in [7, 11) is 0. The Labute approximate surface area is 120 Å². The number of hydrogen-bond acceptors (Lipinski definition) is 2. The molecule has 0 aliphatic rings. The second-order valence-electron chi connectivity index (χ2n) is 4.08. The van der Waals surface area contributed by atoms with Crippen LogP contribution in [-0.2, 0) is 0 Å². The van der Waals surface area contributed by atoms with E-state index in [1.807, 2.05) is 0 Å². The number of benzene rings is 2. The Hall–Kier alpha value is -1.29. The molecular weight excluding hydrogens is 288 g/mol. The largest absolute Gasteiger partial charge is 0.387 e. The van der Waals surface area contributed by atoms with Gasteiger partial charge < -0.3 is 10.4 Å². The van der Waals surface area contributed by atoms with Crippen molar-refractivity contribution in [2.75, 3.05) is 11.9 Å². The fourth-order valence-corrected chi connectivity index (χ4v) is 2.15. The maximum Gasteiger partial charge on any atom is 0.123 e. The SMILES string of the molecule is OC(CNc1ccc(Cl)cc1Cl)c1cccc(F)c1. The molecule has 2 nitrogen and oxygen atoms in total. The third kappa shape index (κ3) is 3.83. The number of aliphatic hydroxyl groups excluding tert-OH is 1. The highest BCUT2D eigenvalue weighted by Crippen LogP contribution is 2.26. The van der Waals surface area contributed by atoms with E-state index < -0.39 is 6.10 Å². The van der Waals surface area contributed by atoms with Crippen molar-refractivity contribution in [3.05, 3.63) is 63.9 Å². The van der Waals surface area contributed by atoms with Crippen molar-refractivity contribution in [3.8, 4) is 0 Å². The molecule has 0 fully saturated rings. The normalized spacial score (nSPS) is 12.2. The third-order valence-corrected chi connectivity index (χ3v) is 3.20. The summed E-state index contributed by atoms with van der Waals surface area (Å²) in [4.78, 5) is 0. The van der Waals surface area contributed by atoms with E-state index in [2.05, 4.69) is 5.32 Å². The van der Waals surface area contributed by atoms with Crippen LogP contribution in [0, 0.1) is 5.82 Å². The molecule has 1 unspecified atom stereocenters. The van der Waals surface area contributed by atoms with Crippen LogP contribution in [0.4, 0.5) is 10.1 Å². The Morgan fingerprint density at radius 3 is 2.63 bits per heavy atom. The van der Waals surface area contributed by atoms with Crippen LogP contribution in [0.5, 0.6) is 0 Å². The first-order valence-corrected chi connectivity index (χ1v) is 6.44. The molecule has 0 aromatic heterocycles. The van der Waals surface area contributed by atoms with E-state index >= 15 is 0 Å². The van der Waals surface area contributed by atoms with Crippen molar-refractivity contribution >= 4 is 28.9 Å². The lowest BCUT2D eigenvalue weighted by Gasteiger charge is -2.14. The average Bonchev–Trinajstić information content (AvgIpc) is 2.37. The molecule has 5 heteroatoms. The van der Waals surface area contributed by atoms with Gasteiger partial charge in [0.25, 0.3) is 0 Å². The zero-order valence-corrected chi connectivity index (χ0v) is 11.4. The van der Waals surface area contributed by atoms with Crippen molar-refractivity contribution in [2.45, 2.75) is 6.10 Å². The molecule has 0 spiro atoms. The Morgan fingerprint density at radius 1 is 1.16 bits per heavy atom. The van der Waals surface area contributed by atoms with Crippen LogP contribution in [0.1, 0.15) is 11.7 Å². The molecule has 0 radical (unpaired) electrons. The molecule has 1 atom stereocenters. The molecule has 2 N–H and O–H groups in total. The Morgan fingerprint density at radius 2 is 1.95 bits per heavy atom. The van der Waals surface area contributed by atoms with Gasteiger partial charge in [0.1, 0.15) is 5.82 Å². The van der Waals surface area contributed by atoms with Crippen LogP contribution in [0.15, 0.2) is 42.5 Å². The molecule has 0 heterocycles. The second kappa shape index (κ2) is 6.24. The summed E-state index contributed by atoms with van der Waals surface area (Å²) < 4.78 is 13.0. The lowest BCUT2D eigenvalue weighted by Crippen LogP contribution is -2.12. The summed E-state index contributed by atoms with van der Waals surface area (Å²) in [6.45, 7) is 0.227. The van der Waals surface area contributed by atoms with Crippen LogP contribution in [0.3, 0.4) is 0 Å². The summed E-state index contributed by atoms with van der Waals surface area (Å²) in [6.07, 6.45) is -0.817. The number of hydrogen-bond donors (Lipinski definition) is 2. The smallest absolute Gasteiger partial charge is 0.123 e. The topological polar surface area (TPSA) is 32.3 Å². The van der Waals surface area contributed by atoms with E-state index in [0.717, 1.165) is 0 Å². The summed E-state index contributed by atoms with van der Waals surface area (Å²) in [5.74, 6) is -0.374. The first-order valence-electron chi connectivity index (χ1n) is 5.69. The fourth-order valence-electron chi connectivity index (χ4n) is 1.67. The van der Waals surface area contributed by atoms with Gasteiger partial charge in [-0.25, -0.2) is 4.39 Å². The molecule has 0 aliphatic carbocycles. The Bertz CT molecular complexity index is 577. The standard InChI is InChI=1S/C14H12Cl2FNO/c15-10-4-5-13(12(16)7-10)18-8-14(19)9-2-1-3-11(17)6-9/h1-7,14,18-19H,8H2. The van der Waals surface area contributed by atoms with E-state index in [0.29, 0.717) is 21.3 Å². The fraction of sp³-hybridized carbons (Fsp3) is 0.143. The average molecular weight is 300 g/mol. The first kappa shape index (κ1) is 14.1. The summed E-state index contributed by atoms with van der Waals surface area (Å²) in [5.41, 5.74) is 1.18. The maximum absolute atomic E-state index is 13.0. The molecule has 0 saturated heterocycles. The van der Waals surface area contributed by atoms with Gasteiger partial charge in [-0.1, -0.05) is 35.3 Å². The van der Waals surface area contributed by atoms with Crippen LogP contribution in [-0.4, -0.2) is 11.7 Å². The number of aliphatic hydroxyl groups is 1. The van der Waals surface area contributed by atoms with Gasteiger partial charge in [-0.3, -0.25) is 0 Å².